The molecule has 7 unspecified atom stereocenters. The first-order chi connectivity index (χ1) is 30.2. The van der Waals surface area contributed by atoms with Crippen molar-refractivity contribution < 1.29 is 49.3 Å². The molecular formula is C51H93NO10. The number of aliphatic hydroxyl groups is 5. The van der Waals surface area contributed by atoms with Crippen LogP contribution in [0.25, 0.3) is 0 Å². The van der Waals surface area contributed by atoms with E-state index in [4.69, 9.17) is 14.2 Å². The summed E-state index contributed by atoms with van der Waals surface area (Å²) in [5, 5.41) is 54.0. The first-order valence-corrected chi connectivity index (χ1v) is 25.3. The van der Waals surface area contributed by atoms with Gasteiger partial charge in [0.15, 0.2) is 6.29 Å². The third kappa shape index (κ3) is 31.7. The van der Waals surface area contributed by atoms with Crippen molar-refractivity contribution in [1.82, 2.24) is 5.32 Å². The summed E-state index contributed by atoms with van der Waals surface area (Å²) in [5.41, 5.74) is 0. The lowest BCUT2D eigenvalue weighted by Gasteiger charge is -2.40. The highest BCUT2D eigenvalue weighted by Gasteiger charge is 2.44. The van der Waals surface area contributed by atoms with E-state index in [1.54, 1.807) is 6.08 Å². The normalized spacial score (nSPS) is 20.4. The van der Waals surface area contributed by atoms with E-state index in [0.29, 0.717) is 19.4 Å². The Morgan fingerprint density at radius 3 is 1.66 bits per heavy atom. The lowest BCUT2D eigenvalue weighted by Crippen LogP contribution is -2.60. The van der Waals surface area contributed by atoms with Crippen molar-refractivity contribution in [2.45, 2.75) is 256 Å². The molecule has 0 aromatic heterocycles. The minimum absolute atomic E-state index is 0.0397. The van der Waals surface area contributed by atoms with Crippen molar-refractivity contribution in [2.24, 2.45) is 0 Å². The first kappa shape index (κ1) is 57.9. The predicted molar refractivity (Wildman–Crippen MR) is 251 cm³/mol. The summed E-state index contributed by atoms with van der Waals surface area (Å²) >= 11 is 0. The molecule has 0 aromatic carbocycles. The molecule has 1 amide bonds. The highest BCUT2D eigenvalue weighted by molar-refractivity contribution is 5.76. The fourth-order valence-corrected chi connectivity index (χ4v) is 7.66. The number of amides is 1. The average molecular weight is 880 g/mol. The van der Waals surface area contributed by atoms with E-state index in [1.807, 2.05) is 18.2 Å². The molecule has 0 aliphatic carbocycles. The van der Waals surface area contributed by atoms with E-state index in [2.05, 4.69) is 31.3 Å². The fraction of sp³-hybridized carbons (Fsp3) is 0.843. The van der Waals surface area contributed by atoms with Crippen LogP contribution in [0.1, 0.15) is 213 Å². The third-order valence-electron chi connectivity index (χ3n) is 11.8. The monoisotopic (exact) mass is 880 g/mol. The largest absolute Gasteiger partial charge is 0.466 e. The number of rotatable bonds is 42. The van der Waals surface area contributed by atoms with Gasteiger partial charge >= 0.3 is 5.97 Å². The van der Waals surface area contributed by atoms with E-state index < -0.39 is 49.5 Å². The number of aliphatic hydroxyl groups excluding tert-OH is 5. The number of carbonyl (C=O) groups is 2. The van der Waals surface area contributed by atoms with Gasteiger partial charge in [-0.25, -0.2) is 0 Å². The van der Waals surface area contributed by atoms with Gasteiger partial charge in [0.25, 0.3) is 0 Å². The smallest absolute Gasteiger partial charge is 0.305 e. The number of carbonyl (C=O) groups excluding carboxylic acids is 2. The SMILES string of the molecule is CCCCCCCCC/C=C/C(O)C(COC1OC(CO)C(O)C(O)C1O)NC(=O)CC/C=C\C/C=C\CCCCCCCCOC(=O)CCCCCCCCCCCCCC. The quantitative estimate of drug-likeness (QED) is 0.0197. The van der Waals surface area contributed by atoms with E-state index in [1.165, 1.54) is 109 Å². The van der Waals surface area contributed by atoms with Crippen molar-refractivity contribution in [3.63, 3.8) is 0 Å². The Morgan fingerprint density at radius 1 is 0.597 bits per heavy atom. The van der Waals surface area contributed by atoms with Crippen LogP contribution in [-0.4, -0.2) is 100 Å². The number of esters is 1. The Labute approximate surface area is 377 Å². The predicted octanol–water partition coefficient (Wildman–Crippen LogP) is 9.99. The van der Waals surface area contributed by atoms with Crippen LogP contribution in [0.15, 0.2) is 36.5 Å². The van der Waals surface area contributed by atoms with Gasteiger partial charge < -0.3 is 45.1 Å². The van der Waals surface area contributed by atoms with Gasteiger partial charge in [-0.15, -0.1) is 0 Å². The minimum atomic E-state index is -1.59. The lowest BCUT2D eigenvalue weighted by atomic mass is 9.99. The Kier molecular flexibility index (Phi) is 38.8. The van der Waals surface area contributed by atoms with Crippen molar-refractivity contribution >= 4 is 11.9 Å². The zero-order chi connectivity index (χ0) is 45.3. The molecule has 1 aliphatic heterocycles. The topological polar surface area (TPSA) is 175 Å². The zero-order valence-corrected chi connectivity index (χ0v) is 39.3. The summed E-state index contributed by atoms with van der Waals surface area (Å²) in [6.45, 7) is 4.20. The second-order valence-electron chi connectivity index (χ2n) is 17.5. The Morgan fingerprint density at radius 2 is 1.10 bits per heavy atom. The van der Waals surface area contributed by atoms with Gasteiger partial charge in [-0.3, -0.25) is 9.59 Å². The van der Waals surface area contributed by atoms with E-state index in [9.17, 15) is 35.1 Å². The standard InChI is InChI=1S/C51H93NO10/c1-3-5-7-9-11-13-14-19-23-27-31-35-39-47(56)60-40-36-32-28-24-20-17-15-16-18-22-26-30-34-38-46(55)52-43(44(54)37-33-29-25-21-12-10-8-6-4-2)42-61-51-50(59)49(58)48(57)45(41-53)62-51/h16,18,26,30,33,37,43-45,48-51,53-54,57-59H,3-15,17,19-25,27-29,31-32,34-36,38-42H2,1-2H3,(H,52,55)/b18-16-,30-26-,37-33+. The zero-order valence-electron chi connectivity index (χ0n) is 39.3. The van der Waals surface area contributed by atoms with Gasteiger partial charge in [0.2, 0.25) is 5.91 Å². The molecule has 362 valence electrons. The van der Waals surface area contributed by atoms with Crippen LogP contribution >= 0.6 is 0 Å². The molecule has 1 saturated heterocycles. The maximum atomic E-state index is 12.9. The molecule has 6 N–H and O–H groups in total. The summed E-state index contributed by atoms with van der Waals surface area (Å²) in [6, 6.07) is -0.851. The number of hydrogen-bond acceptors (Lipinski definition) is 10. The summed E-state index contributed by atoms with van der Waals surface area (Å²) in [5.74, 6) is -0.305. The number of hydrogen-bond donors (Lipinski definition) is 6. The molecule has 1 rings (SSSR count). The van der Waals surface area contributed by atoms with Crippen molar-refractivity contribution in [3.05, 3.63) is 36.5 Å². The van der Waals surface area contributed by atoms with Crippen LogP contribution in [0.3, 0.4) is 0 Å². The van der Waals surface area contributed by atoms with Gasteiger partial charge in [0.05, 0.1) is 32.0 Å². The van der Waals surface area contributed by atoms with Gasteiger partial charge in [-0.2, -0.15) is 0 Å². The average Bonchev–Trinajstić information content (AvgIpc) is 3.27. The van der Waals surface area contributed by atoms with E-state index >= 15 is 0 Å². The second-order valence-corrected chi connectivity index (χ2v) is 17.5. The van der Waals surface area contributed by atoms with Crippen LogP contribution in [0, 0.1) is 0 Å². The maximum absolute atomic E-state index is 12.9. The molecule has 0 aromatic rings. The Hall–Kier alpha value is -2.12. The van der Waals surface area contributed by atoms with Gasteiger partial charge in [-0.05, 0) is 51.4 Å². The van der Waals surface area contributed by atoms with Crippen LogP contribution < -0.4 is 5.32 Å². The lowest BCUT2D eigenvalue weighted by molar-refractivity contribution is -0.302. The van der Waals surface area contributed by atoms with Crippen LogP contribution in [-0.2, 0) is 23.8 Å². The molecule has 0 bridgehead atoms. The van der Waals surface area contributed by atoms with Gasteiger partial charge in [-0.1, -0.05) is 185 Å². The Balaban J connectivity index is 2.20. The highest BCUT2D eigenvalue weighted by atomic mass is 16.7. The van der Waals surface area contributed by atoms with E-state index in [0.717, 1.165) is 70.6 Å². The number of nitrogens with one attached hydrogen (secondary N) is 1. The number of allylic oxidation sites excluding steroid dienone is 5. The molecule has 7 atom stereocenters. The molecule has 62 heavy (non-hydrogen) atoms. The summed E-state index contributed by atoms with van der Waals surface area (Å²) in [4.78, 5) is 24.9. The molecule has 0 spiro atoms. The van der Waals surface area contributed by atoms with Crippen molar-refractivity contribution in [2.75, 3.05) is 19.8 Å². The number of ether oxygens (including phenoxy) is 3. The summed E-state index contributed by atoms with van der Waals surface area (Å²) in [7, 11) is 0. The number of unbranched alkanes of at least 4 members (excludes halogenated alkanes) is 24. The van der Waals surface area contributed by atoms with Crippen LogP contribution in [0.5, 0.6) is 0 Å². The van der Waals surface area contributed by atoms with Crippen LogP contribution in [0.2, 0.25) is 0 Å². The molecular weight excluding hydrogens is 787 g/mol. The summed E-state index contributed by atoms with van der Waals surface area (Å²) in [6.07, 6.45) is 38.2. The third-order valence-corrected chi connectivity index (χ3v) is 11.8. The molecule has 1 aliphatic rings. The van der Waals surface area contributed by atoms with Crippen molar-refractivity contribution in [3.8, 4) is 0 Å². The van der Waals surface area contributed by atoms with Crippen LogP contribution in [0.4, 0.5) is 0 Å². The molecule has 11 nitrogen and oxygen atoms in total. The molecule has 11 heteroatoms. The fourth-order valence-electron chi connectivity index (χ4n) is 7.66. The minimum Gasteiger partial charge on any atom is -0.466 e. The van der Waals surface area contributed by atoms with Gasteiger partial charge in [0, 0.05) is 12.8 Å². The highest BCUT2D eigenvalue weighted by Crippen LogP contribution is 2.22. The molecule has 1 fully saturated rings. The molecule has 0 saturated carbocycles. The van der Waals surface area contributed by atoms with E-state index in [-0.39, 0.29) is 24.9 Å². The van der Waals surface area contributed by atoms with Gasteiger partial charge in [0.1, 0.15) is 24.4 Å². The molecule has 0 radical (unpaired) electrons. The second kappa shape index (κ2) is 41.6. The maximum Gasteiger partial charge on any atom is 0.305 e. The first-order valence-electron chi connectivity index (χ1n) is 25.3. The molecule has 1 heterocycles. The Bertz CT molecular complexity index is 1130. The van der Waals surface area contributed by atoms with Crippen molar-refractivity contribution in [1.29, 1.82) is 0 Å². The summed E-state index contributed by atoms with van der Waals surface area (Å²) < 4.78 is 16.6.